The highest BCUT2D eigenvalue weighted by Gasteiger charge is 2.43. The summed E-state index contributed by atoms with van der Waals surface area (Å²) in [5.41, 5.74) is 4.77. The number of carbonyl (C=O) groups excluding carboxylic acids is 2. The van der Waals surface area contributed by atoms with Crippen LogP contribution in [0.15, 0.2) is 94.5 Å². The summed E-state index contributed by atoms with van der Waals surface area (Å²) in [6, 6.07) is 23.1. The first kappa shape index (κ1) is 27.3. The van der Waals surface area contributed by atoms with Crippen molar-refractivity contribution < 1.29 is 14.3 Å². The number of allylic oxidation sites excluding steroid dienone is 1. The Hall–Kier alpha value is -4.85. The molecule has 6 rings (SSSR count). The molecule has 8 heteroatoms. The Labute approximate surface area is 244 Å². The molecule has 0 bridgehead atoms. The standard InChI is InChI=1S/C34H32N4O4/c1-3-37-20-28(32(40)27-18-17-22(2)35-33(27)37)34(41)42-21-29(39)38-31(24-13-8-5-9-14-24)26-16-10-15-25(30(26)36-38)19-23-11-6-4-7-12-23/h4-9,11-14,17-20,26,31H,3,10,15-16,21H2,1-2H3/b25-19+/t26-,31-/m0/s1. The molecule has 0 saturated heterocycles. The minimum Gasteiger partial charge on any atom is -0.452 e. The summed E-state index contributed by atoms with van der Waals surface area (Å²) in [5, 5.41) is 6.67. The number of pyridine rings is 2. The smallest absolute Gasteiger partial charge is 0.344 e. The quantitative estimate of drug-likeness (QED) is 0.282. The summed E-state index contributed by atoms with van der Waals surface area (Å²) in [6.07, 6.45) is 6.37. The van der Waals surface area contributed by atoms with Crippen molar-refractivity contribution >= 4 is 34.7 Å². The zero-order valence-corrected chi connectivity index (χ0v) is 23.7. The second-order valence-corrected chi connectivity index (χ2v) is 10.7. The first-order valence-corrected chi connectivity index (χ1v) is 14.3. The SMILES string of the molecule is CCn1cc(C(=O)OCC(=O)N2N=C3/C(=C/c4ccccc4)CCC[C@@H]3[C@@H]2c2ccccc2)c(=O)c2ccc(C)nc21. The van der Waals surface area contributed by atoms with Crippen LogP contribution in [0.2, 0.25) is 0 Å². The normalized spacial score (nSPS) is 19.0. The van der Waals surface area contributed by atoms with Crippen LogP contribution >= 0.6 is 0 Å². The molecule has 0 N–H and O–H groups in total. The van der Waals surface area contributed by atoms with E-state index in [1.54, 1.807) is 16.7 Å². The van der Waals surface area contributed by atoms with Gasteiger partial charge in [0.05, 0.1) is 17.1 Å². The van der Waals surface area contributed by atoms with Crippen molar-refractivity contribution in [1.82, 2.24) is 14.6 Å². The lowest BCUT2D eigenvalue weighted by Gasteiger charge is -2.29. The molecule has 1 aliphatic heterocycles. The van der Waals surface area contributed by atoms with E-state index in [1.807, 2.05) is 62.4 Å². The predicted molar refractivity (Wildman–Crippen MR) is 162 cm³/mol. The van der Waals surface area contributed by atoms with Crippen molar-refractivity contribution in [2.24, 2.45) is 11.0 Å². The Morgan fingerprint density at radius 1 is 1.02 bits per heavy atom. The van der Waals surface area contributed by atoms with E-state index in [0.29, 0.717) is 17.6 Å². The monoisotopic (exact) mass is 560 g/mol. The zero-order valence-electron chi connectivity index (χ0n) is 23.7. The fraction of sp³-hybridized carbons (Fsp3) is 0.265. The van der Waals surface area contributed by atoms with Crippen LogP contribution in [0.1, 0.15) is 59.4 Å². The van der Waals surface area contributed by atoms with Gasteiger partial charge in [0, 0.05) is 24.4 Å². The Morgan fingerprint density at radius 2 is 1.76 bits per heavy atom. The van der Waals surface area contributed by atoms with Crippen molar-refractivity contribution in [1.29, 1.82) is 0 Å². The second-order valence-electron chi connectivity index (χ2n) is 10.7. The van der Waals surface area contributed by atoms with Crippen molar-refractivity contribution in [2.75, 3.05) is 6.61 Å². The van der Waals surface area contributed by atoms with E-state index in [-0.39, 0.29) is 17.5 Å². The maximum absolute atomic E-state index is 13.7. The number of benzene rings is 2. The van der Waals surface area contributed by atoms with Gasteiger partial charge in [0.2, 0.25) is 5.43 Å². The minimum atomic E-state index is -0.844. The van der Waals surface area contributed by atoms with Crippen LogP contribution in [0.5, 0.6) is 0 Å². The van der Waals surface area contributed by atoms with E-state index in [2.05, 4.69) is 23.2 Å². The van der Waals surface area contributed by atoms with Gasteiger partial charge in [-0.2, -0.15) is 5.10 Å². The van der Waals surface area contributed by atoms with Crippen molar-refractivity contribution in [3.8, 4) is 0 Å². The van der Waals surface area contributed by atoms with Crippen LogP contribution in [-0.2, 0) is 16.1 Å². The van der Waals surface area contributed by atoms with Gasteiger partial charge < -0.3 is 9.30 Å². The van der Waals surface area contributed by atoms with Gasteiger partial charge in [0.1, 0.15) is 11.2 Å². The molecule has 212 valence electrons. The summed E-state index contributed by atoms with van der Waals surface area (Å²) in [4.78, 5) is 44.4. The Balaban J connectivity index is 1.29. The van der Waals surface area contributed by atoms with Gasteiger partial charge in [-0.3, -0.25) is 9.59 Å². The molecule has 2 aromatic heterocycles. The van der Waals surface area contributed by atoms with Crippen molar-refractivity contribution in [3.63, 3.8) is 0 Å². The maximum Gasteiger partial charge on any atom is 0.344 e. The summed E-state index contributed by atoms with van der Waals surface area (Å²) >= 11 is 0. The first-order valence-electron chi connectivity index (χ1n) is 14.3. The lowest BCUT2D eigenvalue weighted by molar-refractivity contribution is -0.137. The molecular weight excluding hydrogens is 528 g/mol. The number of rotatable bonds is 6. The fourth-order valence-electron chi connectivity index (χ4n) is 5.96. The maximum atomic E-state index is 13.7. The van der Waals surface area contributed by atoms with Gasteiger partial charge in [-0.1, -0.05) is 60.7 Å². The molecule has 1 aliphatic carbocycles. The number of aromatic nitrogens is 2. The summed E-state index contributed by atoms with van der Waals surface area (Å²) < 4.78 is 7.21. The largest absolute Gasteiger partial charge is 0.452 e. The number of aryl methyl sites for hydroxylation is 2. The average molecular weight is 561 g/mol. The van der Waals surface area contributed by atoms with Crippen LogP contribution in [0.4, 0.5) is 0 Å². The molecule has 1 fully saturated rings. The van der Waals surface area contributed by atoms with Crippen LogP contribution in [0, 0.1) is 12.8 Å². The van der Waals surface area contributed by atoms with E-state index < -0.39 is 23.9 Å². The number of nitrogens with zero attached hydrogens (tertiary/aromatic N) is 4. The lowest BCUT2D eigenvalue weighted by Crippen LogP contribution is -2.35. The average Bonchev–Trinajstić information content (AvgIpc) is 3.42. The van der Waals surface area contributed by atoms with E-state index >= 15 is 0 Å². The minimum absolute atomic E-state index is 0.0314. The molecule has 42 heavy (non-hydrogen) atoms. The molecule has 8 nitrogen and oxygen atoms in total. The molecule has 0 spiro atoms. The molecule has 2 aliphatic rings. The van der Waals surface area contributed by atoms with E-state index in [4.69, 9.17) is 9.84 Å². The highest BCUT2D eigenvalue weighted by atomic mass is 16.5. The number of fused-ring (bicyclic) bond motifs is 2. The lowest BCUT2D eigenvalue weighted by atomic mass is 9.77. The van der Waals surface area contributed by atoms with Gasteiger partial charge in [-0.15, -0.1) is 0 Å². The van der Waals surface area contributed by atoms with E-state index in [0.717, 1.165) is 47.4 Å². The number of amides is 1. The summed E-state index contributed by atoms with van der Waals surface area (Å²) in [5.74, 6) is -1.25. The van der Waals surface area contributed by atoms with Gasteiger partial charge in [-0.25, -0.2) is 14.8 Å². The Kier molecular flexibility index (Phi) is 7.52. The highest BCUT2D eigenvalue weighted by Crippen LogP contribution is 2.44. The van der Waals surface area contributed by atoms with Crippen molar-refractivity contribution in [3.05, 3.63) is 117 Å². The number of hydrazone groups is 1. The third kappa shape index (κ3) is 5.16. The van der Waals surface area contributed by atoms with Crippen LogP contribution in [-0.4, -0.2) is 38.8 Å². The summed E-state index contributed by atoms with van der Waals surface area (Å²) in [6.45, 7) is 3.73. The molecule has 0 unspecified atom stereocenters. The Morgan fingerprint density at radius 3 is 2.50 bits per heavy atom. The third-order valence-corrected chi connectivity index (χ3v) is 7.99. The predicted octanol–water partition coefficient (Wildman–Crippen LogP) is 5.70. The topological polar surface area (TPSA) is 93.9 Å². The molecular formula is C34H32N4O4. The molecule has 2 atom stereocenters. The number of hydrogen-bond donors (Lipinski definition) is 0. The molecule has 4 aromatic rings. The van der Waals surface area contributed by atoms with Crippen LogP contribution in [0.3, 0.4) is 0 Å². The Bertz CT molecular complexity index is 1780. The molecule has 0 radical (unpaired) electrons. The molecule has 3 heterocycles. The van der Waals surface area contributed by atoms with Gasteiger partial charge in [-0.05, 0) is 68.0 Å². The number of carbonyl (C=O) groups is 2. The van der Waals surface area contributed by atoms with Gasteiger partial charge in [0.15, 0.2) is 6.61 Å². The molecule has 1 saturated carbocycles. The second kappa shape index (κ2) is 11.6. The highest BCUT2D eigenvalue weighted by molar-refractivity contribution is 6.08. The number of esters is 1. The number of ether oxygens (including phenoxy) is 1. The third-order valence-electron chi connectivity index (χ3n) is 7.99. The summed E-state index contributed by atoms with van der Waals surface area (Å²) in [7, 11) is 0. The molecule has 2 aromatic carbocycles. The number of hydrogen-bond acceptors (Lipinski definition) is 6. The van der Waals surface area contributed by atoms with E-state index in [1.165, 1.54) is 11.2 Å². The van der Waals surface area contributed by atoms with E-state index in [9.17, 15) is 14.4 Å². The van der Waals surface area contributed by atoms with Gasteiger partial charge >= 0.3 is 5.97 Å². The fourth-order valence-corrected chi connectivity index (χ4v) is 5.96. The zero-order chi connectivity index (χ0) is 29.2. The van der Waals surface area contributed by atoms with Crippen LogP contribution in [0.25, 0.3) is 17.1 Å². The molecule has 1 amide bonds. The van der Waals surface area contributed by atoms with Gasteiger partial charge in [0.25, 0.3) is 5.91 Å². The first-order chi connectivity index (χ1) is 20.4. The van der Waals surface area contributed by atoms with Crippen LogP contribution < -0.4 is 5.43 Å². The van der Waals surface area contributed by atoms with Crippen molar-refractivity contribution in [2.45, 2.75) is 45.7 Å².